The van der Waals surface area contributed by atoms with Gasteiger partial charge < -0.3 is 14.7 Å². The van der Waals surface area contributed by atoms with Gasteiger partial charge in [0.25, 0.3) is 0 Å². The van der Waals surface area contributed by atoms with Gasteiger partial charge in [-0.05, 0) is 55.4 Å². The van der Waals surface area contributed by atoms with Crippen LogP contribution in [-0.2, 0) is 9.59 Å². The van der Waals surface area contributed by atoms with Crippen molar-refractivity contribution in [1.82, 2.24) is 4.90 Å². The Morgan fingerprint density at radius 1 is 1.33 bits per heavy atom. The number of carboxylic acids is 1. The zero-order chi connectivity index (χ0) is 17.5. The molecular formula is C19H25NO4. The molecule has 0 aliphatic carbocycles. The molecule has 0 radical (unpaired) electrons. The minimum absolute atomic E-state index is 0.00310. The number of piperidine rings is 1. The number of carboxylic acid groups (broad SMARTS) is 1. The molecule has 0 bridgehead atoms. The van der Waals surface area contributed by atoms with Crippen molar-refractivity contribution >= 4 is 17.4 Å². The van der Waals surface area contributed by atoms with Gasteiger partial charge in [-0.25, -0.2) is 0 Å². The quantitative estimate of drug-likeness (QED) is 0.813. The van der Waals surface area contributed by atoms with E-state index in [1.165, 1.54) is 0 Å². The summed E-state index contributed by atoms with van der Waals surface area (Å²) in [6.07, 6.45) is 4.42. The summed E-state index contributed by atoms with van der Waals surface area (Å²) >= 11 is 0. The van der Waals surface area contributed by atoms with Crippen LogP contribution in [0, 0.1) is 5.92 Å². The van der Waals surface area contributed by atoms with E-state index in [4.69, 9.17) is 9.84 Å². The van der Waals surface area contributed by atoms with Crippen molar-refractivity contribution in [3.05, 3.63) is 35.9 Å². The standard InChI is InChI=1S/C19H25NO4/c1-14(16-6-8-17(24-2)9-7-16)12-18(21)20-11-3-4-15(13-20)5-10-19(22)23/h6-9,12,15H,3-5,10-11,13H2,1-2H3,(H,22,23)/b14-12+. The predicted octanol–water partition coefficient (Wildman–Crippen LogP) is 3.20. The number of allylic oxidation sites excluding steroid dienone is 1. The minimum Gasteiger partial charge on any atom is -0.497 e. The molecule has 0 saturated carbocycles. The molecule has 0 spiro atoms. The summed E-state index contributed by atoms with van der Waals surface area (Å²) in [7, 11) is 1.62. The lowest BCUT2D eigenvalue weighted by Gasteiger charge is -2.32. The molecule has 1 N–H and O–H groups in total. The van der Waals surface area contributed by atoms with Crippen LogP contribution in [-0.4, -0.2) is 42.1 Å². The van der Waals surface area contributed by atoms with Crippen LogP contribution in [0.2, 0.25) is 0 Å². The van der Waals surface area contributed by atoms with Crippen molar-refractivity contribution in [2.24, 2.45) is 5.92 Å². The maximum Gasteiger partial charge on any atom is 0.303 e. The van der Waals surface area contributed by atoms with Gasteiger partial charge in [-0.15, -0.1) is 0 Å². The molecule has 1 saturated heterocycles. The molecule has 1 atom stereocenters. The summed E-state index contributed by atoms with van der Waals surface area (Å²) in [5.74, 6) is 0.306. The average Bonchev–Trinajstić information content (AvgIpc) is 2.60. The molecule has 24 heavy (non-hydrogen) atoms. The molecule has 1 unspecified atom stereocenters. The summed E-state index contributed by atoms with van der Waals surface area (Å²) in [4.78, 5) is 25.0. The summed E-state index contributed by atoms with van der Waals surface area (Å²) in [6.45, 7) is 3.32. The smallest absolute Gasteiger partial charge is 0.303 e. The third-order valence-electron chi connectivity index (χ3n) is 4.48. The van der Waals surface area contributed by atoms with E-state index < -0.39 is 5.97 Å². The number of carbonyl (C=O) groups is 2. The maximum absolute atomic E-state index is 12.5. The first kappa shape index (κ1) is 18.0. The van der Waals surface area contributed by atoms with Crippen molar-refractivity contribution in [3.8, 4) is 5.75 Å². The normalized spacial score (nSPS) is 18.3. The van der Waals surface area contributed by atoms with E-state index in [-0.39, 0.29) is 18.2 Å². The zero-order valence-corrected chi connectivity index (χ0v) is 14.3. The number of carbonyl (C=O) groups excluding carboxylic acids is 1. The fourth-order valence-corrected chi connectivity index (χ4v) is 3.04. The third kappa shape index (κ3) is 5.11. The molecule has 2 rings (SSSR count). The Morgan fingerprint density at radius 3 is 2.67 bits per heavy atom. The van der Waals surface area contributed by atoms with Gasteiger partial charge in [0.2, 0.25) is 5.91 Å². The van der Waals surface area contributed by atoms with Gasteiger partial charge in [-0.2, -0.15) is 0 Å². The average molecular weight is 331 g/mol. The van der Waals surface area contributed by atoms with Crippen molar-refractivity contribution in [2.75, 3.05) is 20.2 Å². The summed E-state index contributed by atoms with van der Waals surface area (Å²) in [6, 6.07) is 7.62. The number of benzene rings is 1. The topological polar surface area (TPSA) is 66.8 Å². The highest BCUT2D eigenvalue weighted by Crippen LogP contribution is 2.23. The Balaban J connectivity index is 1.97. The molecule has 5 nitrogen and oxygen atoms in total. The number of methoxy groups -OCH3 is 1. The van der Waals surface area contributed by atoms with E-state index in [9.17, 15) is 9.59 Å². The highest BCUT2D eigenvalue weighted by Gasteiger charge is 2.23. The Labute approximate surface area is 142 Å². The minimum atomic E-state index is -0.770. The highest BCUT2D eigenvalue weighted by molar-refractivity contribution is 5.95. The van der Waals surface area contributed by atoms with Crippen molar-refractivity contribution < 1.29 is 19.4 Å². The van der Waals surface area contributed by atoms with Gasteiger partial charge in [0.1, 0.15) is 5.75 Å². The van der Waals surface area contributed by atoms with Crippen LogP contribution < -0.4 is 4.74 Å². The SMILES string of the molecule is COc1ccc(/C(C)=C/C(=O)N2CCCC(CCC(=O)O)C2)cc1. The molecule has 1 aromatic rings. The Morgan fingerprint density at radius 2 is 2.04 bits per heavy atom. The number of ether oxygens (including phenoxy) is 1. The lowest BCUT2D eigenvalue weighted by atomic mass is 9.93. The van der Waals surface area contributed by atoms with Crippen LogP contribution in [0.4, 0.5) is 0 Å². The number of likely N-dealkylation sites (tertiary alicyclic amines) is 1. The van der Waals surface area contributed by atoms with Crippen molar-refractivity contribution in [1.29, 1.82) is 0 Å². The molecular weight excluding hydrogens is 306 g/mol. The van der Waals surface area contributed by atoms with E-state index in [1.807, 2.05) is 36.1 Å². The van der Waals surface area contributed by atoms with Gasteiger partial charge in [-0.1, -0.05) is 12.1 Å². The van der Waals surface area contributed by atoms with Crippen LogP contribution in [0.3, 0.4) is 0 Å². The second-order valence-electron chi connectivity index (χ2n) is 6.28. The van der Waals surface area contributed by atoms with Gasteiger partial charge in [0.15, 0.2) is 0 Å². The van der Waals surface area contributed by atoms with E-state index in [0.717, 1.165) is 36.3 Å². The van der Waals surface area contributed by atoms with E-state index >= 15 is 0 Å². The van der Waals surface area contributed by atoms with Gasteiger partial charge in [0, 0.05) is 25.6 Å². The van der Waals surface area contributed by atoms with Crippen LogP contribution in [0.15, 0.2) is 30.3 Å². The predicted molar refractivity (Wildman–Crippen MR) is 92.8 cm³/mol. The molecule has 1 amide bonds. The first-order valence-electron chi connectivity index (χ1n) is 8.33. The summed E-state index contributed by atoms with van der Waals surface area (Å²) < 4.78 is 5.14. The van der Waals surface area contributed by atoms with Crippen molar-refractivity contribution in [2.45, 2.75) is 32.6 Å². The van der Waals surface area contributed by atoms with Crippen LogP contribution >= 0.6 is 0 Å². The van der Waals surface area contributed by atoms with Crippen LogP contribution in [0.25, 0.3) is 5.57 Å². The van der Waals surface area contributed by atoms with E-state index in [1.54, 1.807) is 13.2 Å². The number of amides is 1. The second-order valence-corrected chi connectivity index (χ2v) is 6.28. The maximum atomic E-state index is 12.5. The molecule has 1 aliphatic rings. The molecule has 0 aromatic heterocycles. The van der Waals surface area contributed by atoms with Crippen molar-refractivity contribution in [3.63, 3.8) is 0 Å². The van der Waals surface area contributed by atoms with Crippen LogP contribution in [0.5, 0.6) is 5.75 Å². The third-order valence-corrected chi connectivity index (χ3v) is 4.48. The highest BCUT2D eigenvalue weighted by atomic mass is 16.5. The molecule has 1 fully saturated rings. The monoisotopic (exact) mass is 331 g/mol. The van der Waals surface area contributed by atoms with Crippen LogP contribution in [0.1, 0.15) is 38.2 Å². The Hall–Kier alpha value is -2.30. The lowest BCUT2D eigenvalue weighted by molar-refractivity contribution is -0.137. The van der Waals surface area contributed by atoms with Gasteiger partial charge >= 0.3 is 5.97 Å². The lowest BCUT2D eigenvalue weighted by Crippen LogP contribution is -2.39. The number of nitrogens with zero attached hydrogens (tertiary/aromatic N) is 1. The van der Waals surface area contributed by atoms with Gasteiger partial charge in [0.05, 0.1) is 7.11 Å². The number of hydrogen-bond acceptors (Lipinski definition) is 3. The van der Waals surface area contributed by atoms with Gasteiger partial charge in [-0.3, -0.25) is 9.59 Å². The molecule has 1 aliphatic heterocycles. The Kier molecular flexibility index (Phi) is 6.41. The number of rotatable bonds is 6. The molecule has 5 heteroatoms. The summed E-state index contributed by atoms with van der Waals surface area (Å²) in [5.41, 5.74) is 1.90. The summed E-state index contributed by atoms with van der Waals surface area (Å²) in [5, 5.41) is 8.80. The molecule has 130 valence electrons. The fourth-order valence-electron chi connectivity index (χ4n) is 3.04. The fraction of sp³-hybridized carbons (Fsp3) is 0.474. The molecule has 1 aromatic carbocycles. The Bertz CT molecular complexity index is 606. The first-order valence-corrected chi connectivity index (χ1v) is 8.33. The largest absolute Gasteiger partial charge is 0.497 e. The van der Waals surface area contributed by atoms with E-state index in [0.29, 0.717) is 13.0 Å². The number of hydrogen-bond donors (Lipinski definition) is 1. The number of aliphatic carboxylic acids is 1. The second kappa shape index (κ2) is 8.52. The first-order chi connectivity index (χ1) is 11.5. The zero-order valence-electron chi connectivity index (χ0n) is 14.3. The molecule has 1 heterocycles. The van der Waals surface area contributed by atoms with E-state index in [2.05, 4.69) is 0 Å².